The molecule has 5 atom stereocenters. The molecule has 16 nitrogen and oxygen atoms in total. The second-order valence-electron chi connectivity index (χ2n) is 5.48. The Morgan fingerprint density at radius 1 is 1.17 bits per heavy atom. The zero-order chi connectivity index (χ0) is 22.2. The van der Waals surface area contributed by atoms with Crippen molar-refractivity contribution in [1.29, 1.82) is 0 Å². The number of halogens is 1. The van der Waals surface area contributed by atoms with E-state index in [-0.39, 0.29) is 10.9 Å². The van der Waals surface area contributed by atoms with Crippen LogP contribution in [0.3, 0.4) is 0 Å². The summed E-state index contributed by atoms with van der Waals surface area (Å²) in [5, 5.41) is 10.0. The van der Waals surface area contributed by atoms with Crippen LogP contribution in [-0.4, -0.2) is 53.0 Å². The Morgan fingerprint density at radius 3 is 2.38 bits per heavy atom. The van der Waals surface area contributed by atoms with E-state index >= 15 is 0 Å². The summed E-state index contributed by atoms with van der Waals surface area (Å²) in [4.78, 5) is 60.5. The van der Waals surface area contributed by atoms with E-state index in [1.807, 2.05) is 4.98 Å². The van der Waals surface area contributed by atoms with Gasteiger partial charge in [0.1, 0.15) is 6.10 Å². The molecule has 6 N–H and O–H groups in total. The molecule has 0 saturated carbocycles. The molecular weight excluding hydrogens is 533 g/mol. The van der Waals surface area contributed by atoms with Crippen molar-refractivity contribution < 1.29 is 56.3 Å². The van der Waals surface area contributed by atoms with Gasteiger partial charge in [0.25, 0.3) is 5.56 Å². The monoisotopic (exact) mass is 546 g/mol. The van der Waals surface area contributed by atoms with Gasteiger partial charge in [-0.2, -0.15) is 8.62 Å². The SMILES string of the molecule is O=c1[nH]c(=O)n([C@@H]2O[C@H](COP(=O)(O)OP(=O)(O)OP(=O)(O)O)C[C@H]2O)cc1Br. The summed E-state index contributed by atoms with van der Waals surface area (Å²) >= 11 is 2.90. The molecule has 2 rings (SSSR count). The number of nitrogens with zero attached hydrogens (tertiary/aromatic N) is 1. The zero-order valence-electron chi connectivity index (χ0n) is 13.8. The van der Waals surface area contributed by atoms with E-state index in [9.17, 15) is 33.3 Å². The van der Waals surface area contributed by atoms with Crippen molar-refractivity contribution in [1.82, 2.24) is 9.55 Å². The van der Waals surface area contributed by atoms with E-state index in [0.717, 1.165) is 10.8 Å². The van der Waals surface area contributed by atoms with E-state index in [2.05, 4.69) is 29.1 Å². The maximum atomic E-state index is 11.8. The Labute approximate surface area is 168 Å². The van der Waals surface area contributed by atoms with Crippen molar-refractivity contribution in [2.75, 3.05) is 6.61 Å². The number of ether oxygens (including phenoxy) is 1. The predicted molar refractivity (Wildman–Crippen MR) is 93.4 cm³/mol. The molecule has 1 aliphatic heterocycles. The molecule has 1 aliphatic rings. The zero-order valence-corrected chi connectivity index (χ0v) is 18.1. The molecule has 0 spiro atoms. The van der Waals surface area contributed by atoms with Crippen molar-refractivity contribution in [3.8, 4) is 0 Å². The van der Waals surface area contributed by atoms with Gasteiger partial charge in [0, 0.05) is 12.6 Å². The van der Waals surface area contributed by atoms with Crippen molar-refractivity contribution in [3.63, 3.8) is 0 Å². The first-order valence-corrected chi connectivity index (χ1v) is 12.5. The average Bonchev–Trinajstić information content (AvgIpc) is 2.86. The van der Waals surface area contributed by atoms with Crippen LogP contribution < -0.4 is 11.2 Å². The molecule has 20 heteroatoms. The van der Waals surface area contributed by atoms with Crippen LogP contribution in [0, 0.1) is 0 Å². The molecule has 2 heterocycles. The minimum Gasteiger partial charge on any atom is -0.388 e. The summed E-state index contributed by atoms with van der Waals surface area (Å²) in [5.74, 6) is 0. The third-order valence-corrected chi connectivity index (χ3v) is 7.57. The van der Waals surface area contributed by atoms with Gasteiger partial charge in [-0.3, -0.25) is 18.9 Å². The molecule has 1 fully saturated rings. The highest BCUT2D eigenvalue weighted by atomic mass is 79.9. The maximum Gasteiger partial charge on any atom is 0.490 e. The van der Waals surface area contributed by atoms with Crippen LogP contribution in [0.5, 0.6) is 0 Å². The molecular formula is C9H14BrN2O14P3. The number of rotatable bonds is 8. The average molecular weight is 547 g/mol. The molecule has 1 aromatic rings. The third-order valence-electron chi connectivity index (χ3n) is 3.20. The van der Waals surface area contributed by atoms with E-state index in [0.29, 0.717) is 0 Å². The summed E-state index contributed by atoms with van der Waals surface area (Å²) in [6, 6.07) is 0. The predicted octanol–water partition coefficient (Wildman–Crippen LogP) is -0.709. The maximum absolute atomic E-state index is 11.8. The first kappa shape index (κ1) is 24.8. The number of aliphatic hydroxyl groups is 1. The van der Waals surface area contributed by atoms with Gasteiger partial charge in [-0.15, -0.1) is 0 Å². The number of phosphoric acid groups is 3. The van der Waals surface area contributed by atoms with Gasteiger partial charge in [-0.05, 0) is 15.9 Å². The lowest BCUT2D eigenvalue weighted by Crippen LogP contribution is -2.35. The van der Waals surface area contributed by atoms with Crippen molar-refractivity contribution in [3.05, 3.63) is 31.5 Å². The Bertz CT molecular complexity index is 1020. The standard InChI is InChI=1S/C9H14BrN2O14P3/c10-5-2-12(9(15)11-7(5)14)8-6(13)1-4(24-8)3-23-28(19,20)26-29(21,22)25-27(16,17)18/h2,4,6,8,13H,1,3H2,(H,19,20)(H,21,22)(H,11,14,15)(H2,16,17,18)/t4-,6+,8+/m0/s1. The summed E-state index contributed by atoms with van der Waals surface area (Å²) in [6.45, 7) is -0.795. The first-order valence-electron chi connectivity index (χ1n) is 7.21. The van der Waals surface area contributed by atoms with E-state index in [1.165, 1.54) is 0 Å². The van der Waals surface area contributed by atoms with E-state index in [1.54, 1.807) is 0 Å². The van der Waals surface area contributed by atoms with Crippen LogP contribution in [0.2, 0.25) is 0 Å². The molecule has 1 aromatic heterocycles. The fraction of sp³-hybridized carbons (Fsp3) is 0.556. The number of aliphatic hydroxyl groups excluding tert-OH is 1. The third kappa shape index (κ3) is 7.29. The molecule has 0 aliphatic carbocycles. The molecule has 166 valence electrons. The molecule has 0 radical (unpaired) electrons. The second kappa shape index (κ2) is 8.93. The number of nitrogens with one attached hydrogen (secondary N) is 1. The lowest BCUT2D eigenvalue weighted by atomic mass is 10.2. The number of aromatic nitrogens is 2. The van der Waals surface area contributed by atoms with Gasteiger partial charge in [-0.1, -0.05) is 0 Å². The van der Waals surface area contributed by atoms with Crippen molar-refractivity contribution >= 4 is 39.4 Å². The molecule has 0 aromatic carbocycles. The summed E-state index contributed by atoms with van der Waals surface area (Å²) in [5.41, 5.74) is -1.63. The fourth-order valence-electron chi connectivity index (χ4n) is 2.22. The highest BCUT2D eigenvalue weighted by Gasteiger charge is 2.42. The van der Waals surface area contributed by atoms with Crippen LogP contribution in [0.25, 0.3) is 0 Å². The molecule has 0 amide bonds. The van der Waals surface area contributed by atoms with Crippen molar-refractivity contribution in [2.45, 2.75) is 24.9 Å². The van der Waals surface area contributed by atoms with Crippen LogP contribution >= 0.6 is 39.4 Å². The van der Waals surface area contributed by atoms with Crippen LogP contribution in [0.4, 0.5) is 0 Å². The summed E-state index contributed by atoms with van der Waals surface area (Å²) in [6.07, 6.45) is -2.88. The molecule has 29 heavy (non-hydrogen) atoms. The second-order valence-corrected chi connectivity index (χ2v) is 10.8. The van der Waals surface area contributed by atoms with Crippen molar-refractivity contribution in [2.24, 2.45) is 0 Å². The molecule has 2 unspecified atom stereocenters. The van der Waals surface area contributed by atoms with Crippen LogP contribution in [0.1, 0.15) is 12.6 Å². The van der Waals surface area contributed by atoms with Gasteiger partial charge in [0.05, 0.1) is 17.2 Å². The summed E-state index contributed by atoms with van der Waals surface area (Å²) in [7, 11) is -16.5. The Balaban J connectivity index is 2.02. The Hall–Kier alpha value is -0.510. The largest absolute Gasteiger partial charge is 0.490 e. The number of H-pyrrole nitrogens is 1. The van der Waals surface area contributed by atoms with Gasteiger partial charge < -0.3 is 29.4 Å². The van der Waals surface area contributed by atoms with Gasteiger partial charge in [-0.25, -0.2) is 18.5 Å². The molecule has 1 saturated heterocycles. The van der Waals surface area contributed by atoms with Gasteiger partial charge in [0.15, 0.2) is 6.23 Å². The smallest absolute Gasteiger partial charge is 0.388 e. The fourth-order valence-corrected chi connectivity index (χ4v) is 5.59. The minimum absolute atomic E-state index is 0.0374. The normalized spacial score (nSPS) is 26.8. The number of aromatic amines is 1. The first-order chi connectivity index (χ1) is 13.1. The minimum atomic E-state index is -5.66. The lowest BCUT2D eigenvalue weighted by molar-refractivity contribution is -0.0525. The van der Waals surface area contributed by atoms with Crippen LogP contribution in [-0.2, 0) is 31.6 Å². The topological polar surface area (TPSA) is 244 Å². The van der Waals surface area contributed by atoms with Gasteiger partial charge >= 0.3 is 29.2 Å². The number of phosphoric ester groups is 1. The lowest BCUT2D eigenvalue weighted by Gasteiger charge is -2.19. The molecule has 0 bridgehead atoms. The van der Waals surface area contributed by atoms with Gasteiger partial charge in [0.2, 0.25) is 0 Å². The van der Waals surface area contributed by atoms with E-state index < -0.39 is 59.8 Å². The van der Waals surface area contributed by atoms with Crippen LogP contribution in [0.15, 0.2) is 20.3 Å². The quantitative estimate of drug-likeness (QED) is 0.220. The Morgan fingerprint density at radius 2 is 1.79 bits per heavy atom. The highest BCUT2D eigenvalue weighted by Crippen LogP contribution is 2.66. The Kier molecular flexibility index (Phi) is 7.62. The van der Waals surface area contributed by atoms with E-state index in [4.69, 9.17) is 19.4 Å². The number of hydrogen-bond acceptors (Lipinski definition) is 10. The summed E-state index contributed by atoms with van der Waals surface area (Å²) < 4.78 is 51.1. The number of hydrogen-bond donors (Lipinski definition) is 6. The highest BCUT2D eigenvalue weighted by molar-refractivity contribution is 9.10.